The summed E-state index contributed by atoms with van der Waals surface area (Å²) in [5, 5.41) is 2.19. The molecule has 0 aliphatic heterocycles. The fourth-order valence-electron chi connectivity index (χ4n) is 2.34. The minimum Gasteiger partial charge on any atom is -0.344 e. The van der Waals surface area contributed by atoms with Gasteiger partial charge in [0.2, 0.25) is 0 Å². The van der Waals surface area contributed by atoms with Crippen LogP contribution in [0, 0.1) is 0 Å². The van der Waals surface area contributed by atoms with Crippen molar-refractivity contribution in [1.29, 1.82) is 0 Å². The Morgan fingerprint density at radius 3 is 1.93 bits per heavy atom. The second kappa shape index (κ2) is 8.03. The van der Waals surface area contributed by atoms with Crippen LogP contribution in [0.15, 0.2) is 30.6 Å². The van der Waals surface area contributed by atoms with Gasteiger partial charge in [-0.1, -0.05) is 0 Å². The van der Waals surface area contributed by atoms with Gasteiger partial charge in [-0.15, -0.1) is 0 Å². The van der Waals surface area contributed by atoms with Crippen molar-refractivity contribution in [1.82, 2.24) is 20.7 Å². The number of halogens is 6. The predicted octanol–water partition coefficient (Wildman–Crippen LogP) is 2.61. The van der Waals surface area contributed by atoms with Crippen molar-refractivity contribution < 1.29 is 35.9 Å². The fourth-order valence-corrected chi connectivity index (χ4v) is 2.34. The Morgan fingerprint density at radius 2 is 1.45 bits per heavy atom. The summed E-state index contributed by atoms with van der Waals surface area (Å²) in [5.74, 6) is 2.92. The molecule has 2 rings (SSSR count). The zero-order valence-corrected chi connectivity index (χ0v) is 14.5. The van der Waals surface area contributed by atoms with E-state index in [2.05, 4.69) is 15.3 Å². The summed E-state index contributed by atoms with van der Waals surface area (Å²) >= 11 is 0. The van der Waals surface area contributed by atoms with Gasteiger partial charge in [0.05, 0.1) is 22.9 Å². The first-order valence-electron chi connectivity index (χ1n) is 7.76. The van der Waals surface area contributed by atoms with Crippen molar-refractivity contribution >= 4 is 11.8 Å². The summed E-state index contributed by atoms with van der Waals surface area (Å²) in [5.41, 5.74) is -2.69. The monoisotopic (exact) mass is 421 g/mol. The van der Waals surface area contributed by atoms with E-state index in [9.17, 15) is 35.9 Å². The van der Waals surface area contributed by atoms with Gasteiger partial charge in [0.25, 0.3) is 11.8 Å². The highest BCUT2D eigenvalue weighted by molar-refractivity contribution is 5.96. The van der Waals surface area contributed by atoms with Crippen molar-refractivity contribution in [2.75, 3.05) is 0 Å². The minimum absolute atomic E-state index is 0.0907. The Labute approximate surface area is 159 Å². The molecule has 1 unspecified atom stereocenters. The average molecular weight is 421 g/mol. The highest BCUT2D eigenvalue weighted by Gasteiger charge is 2.37. The molecule has 0 bridgehead atoms. The molecule has 7 nitrogen and oxygen atoms in total. The number of nitrogens with one attached hydrogen (secondary N) is 2. The van der Waals surface area contributed by atoms with Crippen LogP contribution in [0.4, 0.5) is 26.3 Å². The largest absolute Gasteiger partial charge is 0.416 e. The summed E-state index contributed by atoms with van der Waals surface area (Å²) < 4.78 is 77.6. The number of rotatable bonds is 4. The van der Waals surface area contributed by atoms with E-state index in [1.165, 1.54) is 13.1 Å². The molecule has 0 spiro atoms. The number of amides is 2. The summed E-state index contributed by atoms with van der Waals surface area (Å²) in [4.78, 5) is 31.6. The van der Waals surface area contributed by atoms with Gasteiger partial charge < -0.3 is 5.32 Å². The van der Waals surface area contributed by atoms with Gasteiger partial charge in [0.1, 0.15) is 0 Å². The van der Waals surface area contributed by atoms with Crippen LogP contribution in [-0.2, 0) is 12.4 Å². The number of carbonyl (C=O) groups excluding carboxylic acids is 2. The van der Waals surface area contributed by atoms with Crippen LogP contribution in [0.5, 0.6) is 0 Å². The molecule has 1 atom stereocenters. The predicted molar refractivity (Wildman–Crippen MR) is 86.0 cm³/mol. The fraction of sp³-hybridized carbons (Fsp3) is 0.250. The normalized spacial score (nSPS) is 13.0. The molecular weight excluding hydrogens is 408 g/mol. The molecule has 0 saturated carbocycles. The first-order valence-corrected chi connectivity index (χ1v) is 7.76. The lowest BCUT2D eigenvalue weighted by Crippen LogP contribution is -2.34. The van der Waals surface area contributed by atoms with E-state index in [4.69, 9.17) is 5.84 Å². The lowest BCUT2D eigenvalue weighted by molar-refractivity contribution is -0.143. The first-order chi connectivity index (χ1) is 13.3. The molecule has 29 heavy (non-hydrogen) atoms. The number of aromatic nitrogens is 2. The van der Waals surface area contributed by atoms with Gasteiger partial charge >= 0.3 is 12.4 Å². The van der Waals surface area contributed by atoms with E-state index in [1.54, 1.807) is 5.43 Å². The van der Waals surface area contributed by atoms with Crippen LogP contribution in [0.2, 0.25) is 0 Å². The summed E-state index contributed by atoms with van der Waals surface area (Å²) in [6.45, 7) is 1.31. The third-order valence-corrected chi connectivity index (χ3v) is 3.68. The first kappa shape index (κ1) is 22.1. The molecule has 1 aromatic heterocycles. The van der Waals surface area contributed by atoms with E-state index in [0.717, 1.165) is 6.20 Å². The second-order valence-electron chi connectivity index (χ2n) is 5.75. The third kappa shape index (κ3) is 5.19. The molecule has 2 aromatic rings. The molecule has 0 fully saturated rings. The molecular formula is C16H13F6N5O2. The summed E-state index contributed by atoms with van der Waals surface area (Å²) in [6, 6.07) is -0.595. The van der Waals surface area contributed by atoms with Crippen LogP contribution in [-0.4, -0.2) is 21.8 Å². The Kier molecular flexibility index (Phi) is 6.11. The zero-order chi connectivity index (χ0) is 22.0. The van der Waals surface area contributed by atoms with Gasteiger partial charge in [-0.05, 0) is 25.1 Å². The van der Waals surface area contributed by atoms with Crippen molar-refractivity contribution in [3.63, 3.8) is 0 Å². The molecule has 1 aromatic carbocycles. The van der Waals surface area contributed by atoms with Crippen LogP contribution >= 0.6 is 0 Å². The molecule has 0 aliphatic carbocycles. The Hall–Kier alpha value is -3.22. The number of hydrogen-bond donors (Lipinski definition) is 3. The van der Waals surface area contributed by atoms with Crippen LogP contribution in [0.3, 0.4) is 0 Å². The van der Waals surface area contributed by atoms with Crippen LogP contribution < -0.4 is 16.6 Å². The molecule has 1 heterocycles. The third-order valence-electron chi connectivity index (χ3n) is 3.68. The molecule has 2 amide bonds. The average Bonchev–Trinajstić information content (AvgIpc) is 2.65. The highest BCUT2D eigenvalue weighted by atomic mass is 19.4. The maximum Gasteiger partial charge on any atom is 0.416 e. The molecule has 0 aliphatic rings. The number of nitrogens with zero attached hydrogens (tertiary/aromatic N) is 2. The standard InChI is InChI=1S/C16H13F6N5O2/c1-7(11-12(14(29)27-23)25-3-2-24-11)26-13(28)8-4-9(15(17,18)19)6-10(5-8)16(20,21)22/h2-7H,23H2,1H3,(H,26,28)(H,27,29). The number of carbonyl (C=O) groups is 2. The van der Waals surface area contributed by atoms with Crippen LogP contribution in [0.25, 0.3) is 0 Å². The minimum atomic E-state index is -5.10. The maximum atomic E-state index is 12.9. The van der Waals surface area contributed by atoms with Crippen molar-refractivity contribution in [3.05, 3.63) is 58.7 Å². The summed E-state index contributed by atoms with van der Waals surface area (Å²) in [6.07, 6.45) is -7.86. The Bertz CT molecular complexity index is 896. The molecule has 13 heteroatoms. The van der Waals surface area contributed by atoms with Gasteiger partial charge in [0.15, 0.2) is 5.69 Å². The quantitative estimate of drug-likeness (QED) is 0.304. The van der Waals surface area contributed by atoms with E-state index in [1.807, 2.05) is 0 Å². The van der Waals surface area contributed by atoms with Gasteiger partial charge in [-0.2, -0.15) is 26.3 Å². The highest BCUT2D eigenvalue weighted by Crippen LogP contribution is 2.36. The smallest absolute Gasteiger partial charge is 0.344 e. The Balaban J connectivity index is 2.40. The van der Waals surface area contributed by atoms with Crippen molar-refractivity contribution in [2.45, 2.75) is 25.3 Å². The molecule has 156 valence electrons. The van der Waals surface area contributed by atoms with Gasteiger partial charge in [-0.25, -0.2) is 10.8 Å². The SMILES string of the molecule is CC(NC(=O)c1cc(C(F)(F)F)cc(C(F)(F)F)c1)c1nccnc1C(=O)NN. The number of hydrogen-bond acceptors (Lipinski definition) is 5. The van der Waals surface area contributed by atoms with Crippen molar-refractivity contribution in [3.8, 4) is 0 Å². The van der Waals surface area contributed by atoms with Crippen molar-refractivity contribution in [2.24, 2.45) is 5.84 Å². The number of hydrazine groups is 1. The Morgan fingerprint density at radius 1 is 0.931 bits per heavy atom. The zero-order valence-electron chi connectivity index (χ0n) is 14.5. The van der Waals surface area contributed by atoms with E-state index >= 15 is 0 Å². The lowest BCUT2D eigenvalue weighted by Gasteiger charge is -2.17. The molecule has 0 saturated heterocycles. The topological polar surface area (TPSA) is 110 Å². The van der Waals surface area contributed by atoms with Gasteiger partial charge in [0, 0.05) is 18.0 Å². The summed E-state index contributed by atoms with van der Waals surface area (Å²) in [7, 11) is 0. The number of benzene rings is 1. The van der Waals surface area contributed by atoms with Gasteiger partial charge in [-0.3, -0.25) is 20.0 Å². The number of nitrogens with two attached hydrogens (primary N) is 1. The van der Waals surface area contributed by atoms with E-state index in [0.29, 0.717) is 12.1 Å². The lowest BCUT2D eigenvalue weighted by atomic mass is 10.0. The second-order valence-corrected chi connectivity index (χ2v) is 5.75. The number of nitrogen functional groups attached to an aromatic ring is 1. The molecule has 4 N–H and O–H groups in total. The van der Waals surface area contributed by atoms with E-state index in [-0.39, 0.29) is 17.5 Å². The molecule has 0 radical (unpaired) electrons. The maximum absolute atomic E-state index is 12.9. The van der Waals surface area contributed by atoms with Crippen LogP contribution in [0.1, 0.15) is 50.6 Å². The van der Waals surface area contributed by atoms with E-state index < -0.39 is 46.9 Å². The number of alkyl halides is 6.